The van der Waals surface area contributed by atoms with Crippen molar-refractivity contribution in [2.24, 2.45) is 0 Å². The molecule has 57 heavy (non-hydrogen) atoms. The second-order valence-electron chi connectivity index (χ2n) is 12.1. The molecule has 6 heteroatoms. The molecule has 0 atom stereocenters. The first kappa shape index (κ1) is 13.7. The lowest BCUT2D eigenvalue weighted by Crippen LogP contribution is -2.07. The van der Waals surface area contributed by atoms with Crippen molar-refractivity contribution in [3.63, 3.8) is 0 Å². The van der Waals surface area contributed by atoms with Crippen LogP contribution in [0.5, 0.6) is 0 Å². The molecule has 266 valence electrons. The minimum Gasteiger partial charge on any atom is -0.456 e. The van der Waals surface area contributed by atoms with E-state index in [2.05, 4.69) is 15.0 Å². The molecule has 0 N–H and O–H groups in total. The van der Waals surface area contributed by atoms with E-state index in [9.17, 15) is 15.1 Å². The molecule has 0 bridgehead atoms. The van der Waals surface area contributed by atoms with Gasteiger partial charge >= 0.3 is 0 Å². The van der Waals surface area contributed by atoms with Gasteiger partial charge in [-0.25, -0.2) is 4.98 Å². The van der Waals surface area contributed by atoms with Gasteiger partial charge in [-0.15, -0.1) is 0 Å². The van der Waals surface area contributed by atoms with Crippen molar-refractivity contribution in [3.05, 3.63) is 187 Å². The Kier molecular flexibility index (Phi) is 2.97. The third-order valence-electron chi connectivity index (χ3n) is 8.98. The van der Waals surface area contributed by atoms with E-state index in [0.29, 0.717) is 0 Å². The van der Waals surface area contributed by atoms with Crippen LogP contribution in [0, 0.1) is 0 Å². The van der Waals surface area contributed by atoms with Crippen molar-refractivity contribution in [2.75, 3.05) is 0 Å². The topological polar surface area (TPSA) is 61.7 Å². The summed E-state index contributed by atoms with van der Waals surface area (Å²) in [5.41, 5.74) is -8.09. The highest BCUT2D eigenvalue weighted by Crippen LogP contribution is 2.42. The zero-order valence-electron chi connectivity index (χ0n) is 59.1. The number of hydrogen-bond acceptors (Lipinski definition) is 4. The van der Waals surface area contributed by atoms with Gasteiger partial charge in [0.2, 0.25) is 5.95 Å². The Bertz CT molecular complexity index is 5190. The molecular weight excluding hydrogens is 699 g/mol. The van der Waals surface area contributed by atoms with Crippen LogP contribution in [-0.4, -0.2) is 24.1 Å². The highest BCUT2D eigenvalue weighted by atomic mass is 16.3. The van der Waals surface area contributed by atoms with Crippen LogP contribution in [0.4, 0.5) is 0 Å². The molecule has 0 saturated heterocycles. The number of furan rings is 1. The average Bonchev–Trinajstić information content (AvgIpc) is 1.51. The van der Waals surface area contributed by atoms with E-state index in [1.807, 2.05) is 0 Å². The standard InChI is InChI=1S/C51H31N5O/c1-4-14-32(15-5-1)35-24-26-39-40-27-25-36(31-46(40)57-45(39)30-35)55-43-22-12-10-20-37(43)41-28-29-42-38-21-11-13-23-44(38)56(48(42)47(41)55)51-53-49(33-16-6-2-7-17-33)52-50(54-51)34-18-8-3-9-19-34/h1-31H/i1D,2D,3D,4D,5D,6D,7D,8D,9D,10D,11D,12D,13D,14D,15D,16D,17D,18D,19D,20D,21D,22D,23D,24D,25D,26D,27D,28D,29D,30D,31D. The summed E-state index contributed by atoms with van der Waals surface area (Å²) in [4.78, 5) is 13.3. The molecule has 0 amide bonds. The number of rotatable bonds is 5. The van der Waals surface area contributed by atoms with E-state index in [4.69, 9.17) is 31.8 Å². The van der Waals surface area contributed by atoms with Crippen LogP contribution >= 0.6 is 0 Å². The quantitative estimate of drug-likeness (QED) is 0.175. The van der Waals surface area contributed by atoms with Gasteiger partial charge in [0, 0.05) is 49.5 Å². The van der Waals surface area contributed by atoms with Crippen LogP contribution < -0.4 is 0 Å². The maximum atomic E-state index is 9.99. The van der Waals surface area contributed by atoms with Crippen LogP contribution in [0.3, 0.4) is 0 Å². The molecule has 4 heterocycles. The Morgan fingerprint density at radius 1 is 0.368 bits per heavy atom. The average molecular weight is 761 g/mol. The van der Waals surface area contributed by atoms with E-state index in [-0.39, 0.29) is 0 Å². The Hall–Kier alpha value is -7.83. The van der Waals surface area contributed by atoms with E-state index < -0.39 is 298 Å². The number of para-hydroxylation sites is 2. The normalized spacial score (nSPS) is 19.5. The largest absolute Gasteiger partial charge is 0.456 e. The fourth-order valence-electron chi connectivity index (χ4n) is 6.63. The van der Waals surface area contributed by atoms with Gasteiger partial charge in [-0.3, -0.25) is 4.57 Å². The Morgan fingerprint density at radius 3 is 1.46 bits per heavy atom. The van der Waals surface area contributed by atoms with E-state index in [0.717, 1.165) is 9.13 Å². The Morgan fingerprint density at radius 2 is 0.842 bits per heavy atom. The van der Waals surface area contributed by atoms with Gasteiger partial charge in [-0.1, -0.05) is 145 Å². The van der Waals surface area contributed by atoms with Gasteiger partial charge < -0.3 is 8.98 Å². The van der Waals surface area contributed by atoms with Gasteiger partial charge in [0.25, 0.3) is 0 Å². The highest BCUT2D eigenvalue weighted by molar-refractivity contribution is 6.24. The van der Waals surface area contributed by atoms with Crippen LogP contribution in [-0.2, 0) is 0 Å². The lowest BCUT2D eigenvalue weighted by molar-refractivity contribution is 0.669. The summed E-state index contributed by atoms with van der Waals surface area (Å²) in [6.45, 7) is 0. The van der Waals surface area contributed by atoms with Crippen LogP contribution in [0.25, 0.3) is 111 Å². The first-order valence-electron chi connectivity index (χ1n) is 32.1. The van der Waals surface area contributed by atoms with Crippen molar-refractivity contribution in [3.8, 4) is 45.5 Å². The predicted molar refractivity (Wildman–Crippen MR) is 232 cm³/mol. The van der Waals surface area contributed by atoms with Gasteiger partial charge in [-0.05, 0) is 47.4 Å². The molecular formula is C51H31N5O. The number of fused-ring (bicyclic) bond motifs is 10. The van der Waals surface area contributed by atoms with Crippen molar-refractivity contribution >= 4 is 65.6 Å². The third-order valence-corrected chi connectivity index (χ3v) is 8.98. The second-order valence-corrected chi connectivity index (χ2v) is 12.1. The van der Waals surface area contributed by atoms with Crippen LogP contribution in [0.1, 0.15) is 42.5 Å². The summed E-state index contributed by atoms with van der Waals surface area (Å²) >= 11 is 0. The van der Waals surface area contributed by atoms with Gasteiger partial charge in [0.05, 0.1) is 70.2 Å². The maximum Gasteiger partial charge on any atom is 0.238 e. The third kappa shape index (κ3) is 4.87. The lowest BCUT2D eigenvalue weighted by atomic mass is 10.0. The number of aromatic nitrogens is 5. The highest BCUT2D eigenvalue weighted by Gasteiger charge is 2.24. The summed E-state index contributed by atoms with van der Waals surface area (Å²) in [6.07, 6.45) is 0. The van der Waals surface area contributed by atoms with Gasteiger partial charge in [0.15, 0.2) is 11.6 Å². The second kappa shape index (κ2) is 12.3. The first-order chi connectivity index (χ1) is 41.2. The van der Waals surface area contributed by atoms with E-state index >= 15 is 0 Å². The molecule has 6 nitrogen and oxygen atoms in total. The maximum absolute atomic E-state index is 9.99. The van der Waals surface area contributed by atoms with Gasteiger partial charge in [0.1, 0.15) is 11.2 Å². The molecule has 4 aromatic heterocycles. The Balaban J connectivity index is 1.35. The van der Waals surface area contributed by atoms with Crippen molar-refractivity contribution in [1.29, 1.82) is 0 Å². The monoisotopic (exact) mass is 760 g/mol. The molecule has 0 spiro atoms. The minimum absolute atomic E-state index is 0.540. The van der Waals surface area contributed by atoms with E-state index in [1.165, 1.54) is 0 Å². The molecule has 12 rings (SSSR count). The lowest BCUT2D eigenvalue weighted by Gasteiger charge is -2.13. The number of nitrogens with zero attached hydrogens (tertiary/aromatic N) is 5. The summed E-state index contributed by atoms with van der Waals surface area (Å²) in [5.74, 6) is -2.76. The minimum atomic E-state index is -1.05. The fourth-order valence-corrected chi connectivity index (χ4v) is 6.63. The summed E-state index contributed by atoms with van der Waals surface area (Å²) < 4.78 is 286. The molecule has 0 radical (unpaired) electrons. The van der Waals surface area contributed by atoms with Gasteiger partial charge in [-0.2, -0.15) is 9.97 Å². The van der Waals surface area contributed by atoms with Crippen LogP contribution in [0.2, 0.25) is 0 Å². The summed E-state index contributed by atoms with van der Waals surface area (Å²) in [6, 6.07) is -28.8. The molecule has 0 unspecified atom stereocenters. The number of hydrogen-bond donors (Lipinski definition) is 0. The number of benzene rings is 8. The molecule has 0 saturated carbocycles. The molecule has 12 aromatic rings. The summed E-state index contributed by atoms with van der Waals surface area (Å²) in [7, 11) is 0. The fraction of sp³-hybridized carbons (Fsp3) is 0. The van der Waals surface area contributed by atoms with Crippen LogP contribution in [0.15, 0.2) is 192 Å². The van der Waals surface area contributed by atoms with E-state index in [1.54, 1.807) is 0 Å². The van der Waals surface area contributed by atoms with Crippen molar-refractivity contribution in [1.82, 2.24) is 24.1 Å². The predicted octanol–water partition coefficient (Wildman–Crippen LogP) is 13.0. The Labute approximate surface area is 370 Å². The first-order valence-corrected chi connectivity index (χ1v) is 16.6. The molecule has 0 aliphatic heterocycles. The summed E-state index contributed by atoms with van der Waals surface area (Å²) in [5, 5.41) is -3.62. The molecule has 8 aromatic carbocycles. The smallest absolute Gasteiger partial charge is 0.238 e. The zero-order chi connectivity index (χ0) is 64.4. The molecule has 0 aliphatic carbocycles. The van der Waals surface area contributed by atoms with Crippen molar-refractivity contribution in [2.45, 2.75) is 0 Å². The van der Waals surface area contributed by atoms with Crippen molar-refractivity contribution < 1.29 is 46.9 Å². The SMILES string of the molecule is [2H]c1c([2H])c([2H])c(-c2nc(-c3c([2H])c([2H])c([2H])c([2H])c3[2H])nc(-n3c4c([2H])c([2H])c([2H])c([2H])c4c4c([2H])c([2H])c5c6c([2H])c([2H])c([2H])c([2H])c6n(-c6c([2H])c([2H])c7c(oc8c([2H])c(-c9c([2H])c([2H])c([2H])c([2H])c9[2H])c([2H])c([2H])c87)c6[2H])c5c43)n2)c([2H])c1[2H]. The molecule has 0 aliphatic rings. The zero-order valence-corrected chi connectivity index (χ0v) is 28.1. The molecule has 0 fully saturated rings.